The van der Waals surface area contributed by atoms with E-state index in [1.165, 1.54) is 0 Å². The Morgan fingerprint density at radius 2 is 2.30 bits per heavy atom. The summed E-state index contributed by atoms with van der Waals surface area (Å²) in [7, 11) is 0. The van der Waals surface area contributed by atoms with Crippen molar-refractivity contribution in [2.24, 2.45) is 0 Å². The number of hydrogen-bond acceptors (Lipinski definition) is 3. The first-order valence-corrected chi connectivity index (χ1v) is 7.72. The normalized spacial score (nSPS) is 24.1. The minimum absolute atomic E-state index is 0.0204. The molecule has 0 saturated carbocycles. The maximum atomic E-state index is 12.8. The van der Waals surface area contributed by atoms with Crippen molar-refractivity contribution in [1.82, 2.24) is 10.2 Å². The van der Waals surface area contributed by atoms with E-state index < -0.39 is 0 Å². The number of halogens is 1. The quantitative estimate of drug-likeness (QED) is 0.852. The van der Waals surface area contributed by atoms with Crippen LogP contribution >= 0.6 is 15.9 Å². The van der Waals surface area contributed by atoms with Crippen LogP contribution in [-0.2, 0) is 4.79 Å². The van der Waals surface area contributed by atoms with E-state index in [1.807, 2.05) is 23.1 Å². The number of fused-ring (bicyclic) bond motifs is 1. The summed E-state index contributed by atoms with van der Waals surface area (Å²) in [5.74, 6) is 0.841. The standard InChI is InChI=1S/C15H19BrN2O2/c1-15(2)9-18(6-5-17-15)14(19)12-8-20-13-4-3-10(16)7-11(12)13/h3-4,7,12,17H,5-6,8-9H2,1-2H3. The third kappa shape index (κ3) is 2.56. The van der Waals surface area contributed by atoms with E-state index >= 15 is 0 Å². The van der Waals surface area contributed by atoms with Crippen molar-refractivity contribution in [1.29, 1.82) is 0 Å². The monoisotopic (exact) mass is 338 g/mol. The Morgan fingerprint density at radius 1 is 1.50 bits per heavy atom. The van der Waals surface area contributed by atoms with E-state index in [9.17, 15) is 4.79 Å². The second-order valence-corrected chi connectivity index (χ2v) is 7.03. The summed E-state index contributed by atoms with van der Waals surface area (Å²) < 4.78 is 6.63. The van der Waals surface area contributed by atoms with Crippen LogP contribution in [0.1, 0.15) is 25.3 Å². The van der Waals surface area contributed by atoms with Gasteiger partial charge in [-0.05, 0) is 32.0 Å². The van der Waals surface area contributed by atoms with Gasteiger partial charge in [0.15, 0.2) is 0 Å². The lowest BCUT2D eigenvalue weighted by Crippen LogP contribution is -2.59. The van der Waals surface area contributed by atoms with E-state index in [0.717, 1.165) is 35.4 Å². The van der Waals surface area contributed by atoms with Crippen LogP contribution in [0.4, 0.5) is 0 Å². The minimum Gasteiger partial charge on any atom is -0.492 e. The van der Waals surface area contributed by atoms with Gasteiger partial charge in [0.25, 0.3) is 0 Å². The Hall–Kier alpha value is -1.07. The predicted octanol–water partition coefficient (Wildman–Crippen LogP) is 2.14. The Bertz CT molecular complexity index is 545. The molecule has 0 spiro atoms. The number of carbonyl (C=O) groups excluding carboxylic acids is 1. The second-order valence-electron chi connectivity index (χ2n) is 6.12. The van der Waals surface area contributed by atoms with Gasteiger partial charge in [0.2, 0.25) is 5.91 Å². The highest BCUT2D eigenvalue weighted by molar-refractivity contribution is 9.10. The molecule has 1 saturated heterocycles. The smallest absolute Gasteiger partial charge is 0.233 e. The van der Waals surface area contributed by atoms with Crippen LogP contribution in [0.3, 0.4) is 0 Å². The molecule has 4 nitrogen and oxygen atoms in total. The van der Waals surface area contributed by atoms with Gasteiger partial charge in [-0.2, -0.15) is 0 Å². The van der Waals surface area contributed by atoms with Crippen molar-refractivity contribution in [2.75, 3.05) is 26.2 Å². The van der Waals surface area contributed by atoms with Gasteiger partial charge in [0, 0.05) is 35.2 Å². The molecule has 0 aliphatic carbocycles. The SMILES string of the molecule is CC1(C)CN(C(=O)C2COc3ccc(Br)cc32)CCN1. The van der Waals surface area contributed by atoms with Crippen LogP contribution in [0.25, 0.3) is 0 Å². The highest BCUT2D eigenvalue weighted by atomic mass is 79.9. The van der Waals surface area contributed by atoms with Crippen molar-refractivity contribution >= 4 is 21.8 Å². The summed E-state index contributed by atoms with van der Waals surface area (Å²) in [6, 6.07) is 5.87. The van der Waals surface area contributed by atoms with Gasteiger partial charge in [-0.1, -0.05) is 15.9 Å². The average Bonchev–Trinajstić information content (AvgIpc) is 2.79. The molecule has 1 N–H and O–H groups in total. The molecule has 2 aliphatic rings. The van der Waals surface area contributed by atoms with Crippen LogP contribution in [-0.4, -0.2) is 42.6 Å². The van der Waals surface area contributed by atoms with E-state index in [2.05, 4.69) is 35.1 Å². The minimum atomic E-state index is -0.170. The number of ether oxygens (including phenoxy) is 1. The van der Waals surface area contributed by atoms with Gasteiger partial charge >= 0.3 is 0 Å². The number of rotatable bonds is 1. The summed E-state index contributed by atoms with van der Waals surface area (Å²) in [4.78, 5) is 14.7. The maximum absolute atomic E-state index is 12.8. The Morgan fingerprint density at radius 3 is 3.05 bits per heavy atom. The molecule has 2 heterocycles. The van der Waals surface area contributed by atoms with E-state index in [-0.39, 0.29) is 17.4 Å². The van der Waals surface area contributed by atoms with Gasteiger partial charge in [-0.3, -0.25) is 4.79 Å². The molecule has 1 aromatic rings. The lowest BCUT2D eigenvalue weighted by Gasteiger charge is -2.40. The number of nitrogens with one attached hydrogen (secondary N) is 1. The van der Waals surface area contributed by atoms with Gasteiger partial charge < -0.3 is 15.0 Å². The first-order chi connectivity index (χ1) is 9.46. The van der Waals surface area contributed by atoms with Crippen molar-refractivity contribution < 1.29 is 9.53 Å². The van der Waals surface area contributed by atoms with Crippen molar-refractivity contribution in [3.8, 4) is 5.75 Å². The molecule has 5 heteroatoms. The molecule has 0 aromatic heterocycles. The third-order valence-corrected chi connectivity index (χ3v) is 4.43. The van der Waals surface area contributed by atoms with Crippen molar-refractivity contribution in [2.45, 2.75) is 25.3 Å². The van der Waals surface area contributed by atoms with Crippen molar-refractivity contribution in [3.05, 3.63) is 28.2 Å². The van der Waals surface area contributed by atoms with E-state index in [1.54, 1.807) is 0 Å². The summed E-state index contributed by atoms with van der Waals surface area (Å²) in [6.07, 6.45) is 0. The largest absolute Gasteiger partial charge is 0.492 e. The van der Waals surface area contributed by atoms with Crippen LogP contribution < -0.4 is 10.1 Å². The fraction of sp³-hybridized carbons (Fsp3) is 0.533. The van der Waals surface area contributed by atoms with Crippen LogP contribution in [0.5, 0.6) is 5.75 Å². The molecule has 0 radical (unpaired) electrons. The number of benzene rings is 1. The molecule has 3 rings (SSSR count). The van der Waals surface area contributed by atoms with Gasteiger partial charge in [-0.15, -0.1) is 0 Å². The lowest BCUT2D eigenvalue weighted by molar-refractivity contribution is -0.135. The zero-order valence-electron chi connectivity index (χ0n) is 11.8. The zero-order valence-corrected chi connectivity index (χ0v) is 13.4. The van der Waals surface area contributed by atoms with Crippen molar-refractivity contribution in [3.63, 3.8) is 0 Å². The number of nitrogens with zero attached hydrogens (tertiary/aromatic N) is 1. The second kappa shape index (κ2) is 5.04. The summed E-state index contributed by atoms with van der Waals surface area (Å²) in [5, 5.41) is 3.43. The summed E-state index contributed by atoms with van der Waals surface area (Å²) >= 11 is 3.47. The van der Waals surface area contributed by atoms with E-state index in [4.69, 9.17) is 4.74 Å². The molecular formula is C15H19BrN2O2. The Balaban J connectivity index is 1.81. The molecule has 1 fully saturated rings. The molecule has 20 heavy (non-hydrogen) atoms. The summed E-state index contributed by atoms with van der Waals surface area (Å²) in [5.41, 5.74) is 0.980. The zero-order chi connectivity index (χ0) is 14.3. The Kier molecular flexibility index (Phi) is 3.50. The van der Waals surface area contributed by atoms with Crippen LogP contribution in [0.2, 0.25) is 0 Å². The highest BCUT2D eigenvalue weighted by Crippen LogP contribution is 2.37. The molecule has 1 atom stereocenters. The van der Waals surface area contributed by atoms with E-state index in [0.29, 0.717) is 6.61 Å². The number of amides is 1. The summed E-state index contributed by atoms with van der Waals surface area (Å²) in [6.45, 7) is 7.06. The van der Waals surface area contributed by atoms with Gasteiger partial charge in [0.05, 0.1) is 0 Å². The molecule has 0 bridgehead atoms. The third-order valence-electron chi connectivity index (χ3n) is 3.93. The predicted molar refractivity (Wildman–Crippen MR) is 81.0 cm³/mol. The molecule has 2 aliphatic heterocycles. The van der Waals surface area contributed by atoms with Crippen LogP contribution in [0.15, 0.2) is 22.7 Å². The maximum Gasteiger partial charge on any atom is 0.233 e. The Labute approximate surface area is 127 Å². The first kappa shape index (κ1) is 13.9. The number of hydrogen-bond donors (Lipinski definition) is 1. The molecule has 1 amide bonds. The highest BCUT2D eigenvalue weighted by Gasteiger charge is 2.36. The number of piperazine rings is 1. The van der Waals surface area contributed by atoms with Crippen LogP contribution in [0, 0.1) is 0 Å². The van der Waals surface area contributed by atoms with Gasteiger partial charge in [-0.25, -0.2) is 0 Å². The fourth-order valence-electron chi connectivity index (χ4n) is 2.94. The lowest BCUT2D eigenvalue weighted by atomic mass is 9.96. The topological polar surface area (TPSA) is 41.6 Å². The molecular weight excluding hydrogens is 320 g/mol. The molecule has 1 unspecified atom stereocenters. The molecule has 108 valence electrons. The number of carbonyl (C=O) groups is 1. The fourth-order valence-corrected chi connectivity index (χ4v) is 3.32. The van der Waals surface area contributed by atoms with Gasteiger partial charge in [0.1, 0.15) is 18.3 Å². The first-order valence-electron chi connectivity index (χ1n) is 6.92. The molecule has 1 aromatic carbocycles. The average molecular weight is 339 g/mol.